The zero-order valence-corrected chi connectivity index (χ0v) is 9.64. The molecule has 0 atom stereocenters. The zero-order chi connectivity index (χ0) is 12.7. The van der Waals surface area contributed by atoms with Crippen molar-refractivity contribution in [2.45, 2.75) is 0 Å². The number of nitrogens with zero attached hydrogens (tertiary/aromatic N) is 2. The summed E-state index contributed by atoms with van der Waals surface area (Å²) < 4.78 is 6.13. The van der Waals surface area contributed by atoms with E-state index in [1.807, 2.05) is 0 Å². The van der Waals surface area contributed by atoms with Crippen LogP contribution in [0.25, 0.3) is 17.1 Å². The van der Waals surface area contributed by atoms with Gasteiger partial charge in [-0.25, -0.2) is 9.20 Å². The van der Waals surface area contributed by atoms with E-state index in [2.05, 4.69) is 10.1 Å². The predicted octanol–water partition coefficient (Wildman–Crippen LogP) is 1.30. The van der Waals surface area contributed by atoms with Gasteiger partial charge in [0, 0.05) is 10.6 Å². The Balaban J connectivity index is 2.38. The fourth-order valence-corrected chi connectivity index (χ4v) is 1.87. The number of aromatic nitrogens is 3. The first-order valence-corrected chi connectivity index (χ1v) is 5.41. The van der Waals surface area contributed by atoms with Gasteiger partial charge in [0.2, 0.25) is 5.71 Å². The van der Waals surface area contributed by atoms with E-state index in [0.717, 1.165) is 6.07 Å². The normalized spacial score (nSPS) is 10.9. The van der Waals surface area contributed by atoms with E-state index in [9.17, 15) is 9.59 Å². The molecule has 0 aliphatic carbocycles. The summed E-state index contributed by atoms with van der Waals surface area (Å²) in [7, 11) is 0. The quantitative estimate of drug-likeness (QED) is 0.717. The SMILES string of the molecule is O=c1cc2onc(-c3cccc(Cl)c3)n2c(=O)[nH]1. The number of aromatic amines is 1. The van der Waals surface area contributed by atoms with Crippen LogP contribution in [0.5, 0.6) is 0 Å². The Morgan fingerprint density at radius 1 is 1.28 bits per heavy atom. The molecule has 2 heterocycles. The Bertz CT molecular complexity index is 846. The van der Waals surface area contributed by atoms with Gasteiger partial charge in [0.1, 0.15) is 0 Å². The minimum absolute atomic E-state index is 0.0822. The molecule has 7 heteroatoms. The topological polar surface area (TPSA) is 80.4 Å². The van der Waals surface area contributed by atoms with Gasteiger partial charge in [0.25, 0.3) is 5.56 Å². The molecule has 3 rings (SSSR count). The largest absolute Gasteiger partial charge is 0.337 e. The highest BCUT2D eigenvalue weighted by molar-refractivity contribution is 6.30. The highest BCUT2D eigenvalue weighted by Gasteiger charge is 2.12. The number of nitrogens with one attached hydrogen (secondary N) is 1. The predicted molar refractivity (Wildman–Crippen MR) is 64.8 cm³/mol. The number of hydrogen-bond acceptors (Lipinski definition) is 4. The van der Waals surface area contributed by atoms with E-state index in [0.29, 0.717) is 10.6 Å². The average molecular weight is 264 g/mol. The molecule has 0 fully saturated rings. The molecule has 0 aliphatic rings. The van der Waals surface area contributed by atoms with Crippen molar-refractivity contribution in [3.8, 4) is 11.4 Å². The van der Waals surface area contributed by atoms with Crippen LogP contribution in [0.2, 0.25) is 5.02 Å². The number of hydrogen-bond donors (Lipinski definition) is 1. The van der Waals surface area contributed by atoms with Crippen molar-refractivity contribution < 1.29 is 4.52 Å². The lowest BCUT2D eigenvalue weighted by Gasteiger charge is -1.97. The standard InChI is InChI=1S/C11H6ClN3O3/c12-7-3-1-2-6(4-7)10-14-18-9-5-8(16)13-11(17)15(9)10/h1-5H,(H,13,16,17). The molecular formula is C11H6ClN3O3. The van der Waals surface area contributed by atoms with E-state index < -0.39 is 11.2 Å². The molecule has 2 aromatic heterocycles. The van der Waals surface area contributed by atoms with Crippen LogP contribution in [0.15, 0.2) is 44.4 Å². The first-order chi connectivity index (χ1) is 8.65. The molecule has 0 aliphatic heterocycles. The van der Waals surface area contributed by atoms with Gasteiger partial charge in [-0.15, -0.1) is 0 Å². The molecule has 18 heavy (non-hydrogen) atoms. The highest BCUT2D eigenvalue weighted by atomic mass is 35.5. The summed E-state index contributed by atoms with van der Waals surface area (Å²) in [5, 5.41) is 4.29. The van der Waals surface area contributed by atoms with Crippen molar-refractivity contribution in [1.82, 2.24) is 14.5 Å². The van der Waals surface area contributed by atoms with E-state index in [1.165, 1.54) is 4.40 Å². The summed E-state index contributed by atoms with van der Waals surface area (Å²) >= 11 is 5.87. The van der Waals surface area contributed by atoms with Gasteiger partial charge in [-0.2, -0.15) is 0 Å². The Labute approximate surface area is 104 Å². The third-order valence-corrected chi connectivity index (χ3v) is 2.66. The summed E-state index contributed by atoms with van der Waals surface area (Å²) in [6.07, 6.45) is 0. The van der Waals surface area contributed by atoms with Crippen LogP contribution in [0.3, 0.4) is 0 Å². The summed E-state index contributed by atoms with van der Waals surface area (Å²) in [6.45, 7) is 0. The lowest BCUT2D eigenvalue weighted by molar-refractivity contribution is 0.456. The minimum atomic E-state index is -0.603. The van der Waals surface area contributed by atoms with Gasteiger partial charge in [-0.1, -0.05) is 28.9 Å². The second-order valence-electron chi connectivity index (χ2n) is 3.63. The van der Waals surface area contributed by atoms with Crippen LogP contribution in [-0.4, -0.2) is 14.5 Å². The van der Waals surface area contributed by atoms with Crippen molar-refractivity contribution in [1.29, 1.82) is 0 Å². The fraction of sp³-hybridized carbons (Fsp3) is 0. The minimum Gasteiger partial charge on any atom is -0.335 e. The molecular weight excluding hydrogens is 258 g/mol. The molecule has 0 radical (unpaired) electrons. The Morgan fingerprint density at radius 2 is 2.11 bits per heavy atom. The molecule has 0 spiro atoms. The average Bonchev–Trinajstić information content (AvgIpc) is 2.72. The molecule has 3 aromatic rings. The van der Waals surface area contributed by atoms with E-state index in [4.69, 9.17) is 16.1 Å². The van der Waals surface area contributed by atoms with Gasteiger partial charge < -0.3 is 4.52 Å². The van der Waals surface area contributed by atoms with Crippen LogP contribution in [0.1, 0.15) is 0 Å². The van der Waals surface area contributed by atoms with Crippen LogP contribution in [0, 0.1) is 0 Å². The van der Waals surface area contributed by atoms with Crippen molar-refractivity contribution in [3.05, 3.63) is 56.2 Å². The number of halogens is 1. The smallest absolute Gasteiger partial charge is 0.335 e. The lowest BCUT2D eigenvalue weighted by Crippen LogP contribution is -2.24. The Morgan fingerprint density at radius 3 is 2.89 bits per heavy atom. The summed E-state index contributed by atoms with van der Waals surface area (Å²) in [6, 6.07) is 7.98. The maximum atomic E-state index is 11.7. The molecule has 6 nitrogen and oxygen atoms in total. The van der Waals surface area contributed by atoms with Crippen molar-refractivity contribution in [3.63, 3.8) is 0 Å². The van der Waals surface area contributed by atoms with Crippen molar-refractivity contribution >= 4 is 17.3 Å². The van der Waals surface area contributed by atoms with Crippen LogP contribution >= 0.6 is 11.6 Å². The molecule has 0 bridgehead atoms. The third-order valence-electron chi connectivity index (χ3n) is 2.43. The van der Waals surface area contributed by atoms with Gasteiger partial charge in [-0.3, -0.25) is 9.78 Å². The van der Waals surface area contributed by atoms with Crippen LogP contribution < -0.4 is 11.2 Å². The number of fused-ring (bicyclic) bond motifs is 1. The van der Waals surface area contributed by atoms with E-state index in [1.54, 1.807) is 24.3 Å². The monoisotopic (exact) mass is 263 g/mol. The van der Waals surface area contributed by atoms with Gasteiger partial charge in [0.05, 0.1) is 6.07 Å². The van der Waals surface area contributed by atoms with E-state index >= 15 is 0 Å². The second-order valence-corrected chi connectivity index (χ2v) is 4.07. The molecule has 90 valence electrons. The highest BCUT2D eigenvalue weighted by Crippen LogP contribution is 2.21. The molecule has 1 N–H and O–H groups in total. The third kappa shape index (κ3) is 1.63. The first kappa shape index (κ1) is 10.8. The Kier molecular flexibility index (Phi) is 2.31. The van der Waals surface area contributed by atoms with Crippen LogP contribution in [-0.2, 0) is 0 Å². The summed E-state index contributed by atoms with van der Waals surface area (Å²) in [4.78, 5) is 25.0. The van der Waals surface area contributed by atoms with Crippen molar-refractivity contribution in [2.24, 2.45) is 0 Å². The number of H-pyrrole nitrogens is 1. The number of benzene rings is 1. The molecule has 0 amide bonds. The molecule has 1 aromatic carbocycles. The Hall–Kier alpha value is -2.34. The van der Waals surface area contributed by atoms with Gasteiger partial charge >= 0.3 is 5.69 Å². The molecule has 0 saturated heterocycles. The maximum Gasteiger partial charge on any atom is 0.337 e. The first-order valence-electron chi connectivity index (χ1n) is 5.03. The molecule has 0 unspecified atom stereocenters. The van der Waals surface area contributed by atoms with Gasteiger partial charge in [0.15, 0.2) is 5.82 Å². The number of rotatable bonds is 1. The molecule has 0 saturated carbocycles. The van der Waals surface area contributed by atoms with Gasteiger partial charge in [-0.05, 0) is 12.1 Å². The van der Waals surface area contributed by atoms with Crippen LogP contribution in [0.4, 0.5) is 0 Å². The van der Waals surface area contributed by atoms with Crippen molar-refractivity contribution in [2.75, 3.05) is 0 Å². The lowest BCUT2D eigenvalue weighted by atomic mass is 10.2. The summed E-state index contributed by atoms with van der Waals surface area (Å²) in [5.41, 5.74) is -0.434. The zero-order valence-electron chi connectivity index (χ0n) is 8.88. The summed E-state index contributed by atoms with van der Waals surface area (Å²) in [5.74, 6) is 0.286. The van der Waals surface area contributed by atoms with E-state index in [-0.39, 0.29) is 11.5 Å². The fourth-order valence-electron chi connectivity index (χ4n) is 1.68. The maximum absolute atomic E-state index is 11.7. The second kappa shape index (κ2) is 3.85.